The van der Waals surface area contributed by atoms with Gasteiger partial charge in [0.1, 0.15) is 5.82 Å². The third-order valence-corrected chi connectivity index (χ3v) is 3.51. The van der Waals surface area contributed by atoms with Gasteiger partial charge < -0.3 is 9.67 Å². The summed E-state index contributed by atoms with van der Waals surface area (Å²) in [5.74, 6) is -0.406. The van der Waals surface area contributed by atoms with Crippen LogP contribution >= 0.6 is 0 Å². The van der Waals surface area contributed by atoms with E-state index in [1.54, 1.807) is 6.07 Å². The molecule has 0 atom stereocenters. The first-order valence-electron chi connectivity index (χ1n) is 6.58. The number of nitrogens with zero attached hydrogens (tertiary/aromatic N) is 2. The van der Waals surface area contributed by atoms with E-state index in [1.807, 2.05) is 41.1 Å². The Morgan fingerprint density at radius 3 is 2.81 bits per heavy atom. The fraction of sp³-hybridized carbons (Fsp3) is 0.118. The summed E-state index contributed by atoms with van der Waals surface area (Å²) in [6.45, 7) is 0.463. The zero-order valence-corrected chi connectivity index (χ0v) is 11.3. The summed E-state index contributed by atoms with van der Waals surface area (Å²) in [5, 5.41) is 19.2. The molecule has 3 aromatic rings. The van der Waals surface area contributed by atoms with Crippen LogP contribution in [0.2, 0.25) is 0 Å². The number of halogens is 1. The van der Waals surface area contributed by atoms with Crippen LogP contribution in [-0.4, -0.2) is 9.67 Å². The van der Waals surface area contributed by atoms with E-state index in [9.17, 15) is 9.50 Å². The predicted octanol–water partition coefficient (Wildman–Crippen LogP) is 3.19. The van der Waals surface area contributed by atoms with Crippen LogP contribution in [0.15, 0.2) is 48.7 Å². The first-order chi connectivity index (χ1) is 10.2. The van der Waals surface area contributed by atoms with Gasteiger partial charge in [0, 0.05) is 23.6 Å². The van der Waals surface area contributed by atoms with Crippen LogP contribution in [0.3, 0.4) is 0 Å². The number of aromatic nitrogens is 1. The number of hydrogen-bond donors (Lipinski definition) is 1. The molecule has 2 aromatic carbocycles. The summed E-state index contributed by atoms with van der Waals surface area (Å²) < 4.78 is 15.5. The first-order valence-corrected chi connectivity index (χ1v) is 6.58. The molecule has 0 aliphatic carbocycles. The number of aliphatic hydroxyl groups is 1. The van der Waals surface area contributed by atoms with Crippen molar-refractivity contribution in [1.82, 2.24) is 4.57 Å². The Balaban J connectivity index is 2.03. The molecule has 3 nitrogen and oxygen atoms in total. The molecule has 0 spiro atoms. The van der Waals surface area contributed by atoms with E-state index in [4.69, 9.17) is 5.26 Å². The maximum atomic E-state index is 13.5. The van der Waals surface area contributed by atoms with Crippen LogP contribution in [0, 0.1) is 17.1 Å². The molecule has 0 amide bonds. The molecule has 104 valence electrons. The second-order valence-corrected chi connectivity index (χ2v) is 4.91. The highest BCUT2D eigenvalue weighted by Crippen LogP contribution is 2.22. The first kappa shape index (κ1) is 13.3. The SMILES string of the molecule is N#Cc1cc(F)cc(Cn2ccc3c(CO)cccc32)c1. The van der Waals surface area contributed by atoms with E-state index in [0.717, 1.165) is 22.0 Å². The molecular formula is C17H13FN2O. The largest absolute Gasteiger partial charge is 0.392 e. The van der Waals surface area contributed by atoms with Crippen molar-refractivity contribution < 1.29 is 9.50 Å². The van der Waals surface area contributed by atoms with Crippen molar-refractivity contribution in [1.29, 1.82) is 5.26 Å². The van der Waals surface area contributed by atoms with Gasteiger partial charge in [-0.2, -0.15) is 5.26 Å². The van der Waals surface area contributed by atoms with Gasteiger partial charge in [0.2, 0.25) is 0 Å². The van der Waals surface area contributed by atoms with E-state index in [1.165, 1.54) is 12.1 Å². The molecule has 4 heteroatoms. The molecule has 0 aliphatic heterocycles. The highest BCUT2D eigenvalue weighted by molar-refractivity contribution is 5.83. The van der Waals surface area contributed by atoms with Crippen molar-refractivity contribution in [3.63, 3.8) is 0 Å². The summed E-state index contributed by atoms with van der Waals surface area (Å²) in [7, 11) is 0. The Morgan fingerprint density at radius 1 is 1.19 bits per heavy atom. The molecule has 0 saturated carbocycles. The van der Waals surface area contributed by atoms with Gasteiger partial charge in [0.15, 0.2) is 0 Å². The van der Waals surface area contributed by atoms with Crippen LogP contribution in [-0.2, 0) is 13.2 Å². The van der Waals surface area contributed by atoms with Crippen LogP contribution in [0.4, 0.5) is 4.39 Å². The van der Waals surface area contributed by atoms with Crippen LogP contribution in [0.25, 0.3) is 10.9 Å². The topological polar surface area (TPSA) is 49.0 Å². The minimum absolute atomic E-state index is 0.0140. The third kappa shape index (κ3) is 2.51. The number of fused-ring (bicyclic) bond motifs is 1. The van der Waals surface area contributed by atoms with Crippen LogP contribution in [0.5, 0.6) is 0 Å². The Labute approximate surface area is 121 Å². The highest BCUT2D eigenvalue weighted by Gasteiger charge is 2.07. The van der Waals surface area contributed by atoms with E-state index < -0.39 is 5.82 Å². The Bertz CT molecular complexity index is 846. The minimum Gasteiger partial charge on any atom is -0.392 e. The average Bonchev–Trinajstić information content (AvgIpc) is 2.89. The van der Waals surface area contributed by atoms with E-state index >= 15 is 0 Å². The average molecular weight is 280 g/mol. The van der Waals surface area contributed by atoms with Crippen molar-refractivity contribution in [2.45, 2.75) is 13.2 Å². The molecule has 0 aliphatic rings. The maximum absolute atomic E-state index is 13.5. The minimum atomic E-state index is -0.406. The molecule has 1 heterocycles. The van der Waals surface area contributed by atoms with Gasteiger partial charge in [-0.05, 0) is 41.5 Å². The maximum Gasteiger partial charge on any atom is 0.124 e. The number of rotatable bonds is 3. The molecule has 0 fully saturated rings. The summed E-state index contributed by atoms with van der Waals surface area (Å²) >= 11 is 0. The van der Waals surface area contributed by atoms with Crippen LogP contribution in [0.1, 0.15) is 16.7 Å². The van der Waals surface area contributed by atoms with E-state index in [-0.39, 0.29) is 6.61 Å². The number of aliphatic hydroxyl groups excluding tert-OH is 1. The molecule has 1 aromatic heterocycles. The van der Waals surface area contributed by atoms with Gasteiger partial charge in [0.25, 0.3) is 0 Å². The summed E-state index contributed by atoms with van der Waals surface area (Å²) in [6, 6.07) is 14.0. The molecule has 0 unspecified atom stereocenters. The Morgan fingerprint density at radius 2 is 2.05 bits per heavy atom. The summed E-state index contributed by atoms with van der Waals surface area (Å²) in [4.78, 5) is 0. The number of hydrogen-bond acceptors (Lipinski definition) is 2. The second kappa shape index (κ2) is 5.39. The molecule has 0 bridgehead atoms. The summed E-state index contributed by atoms with van der Waals surface area (Å²) in [6.07, 6.45) is 1.90. The fourth-order valence-corrected chi connectivity index (χ4v) is 2.57. The van der Waals surface area contributed by atoms with Gasteiger partial charge in [-0.25, -0.2) is 4.39 Å². The third-order valence-electron chi connectivity index (χ3n) is 3.51. The van der Waals surface area contributed by atoms with Crippen molar-refractivity contribution in [3.05, 3.63) is 71.2 Å². The highest BCUT2D eigenvalue weighted by atomic mass is 19.1. The smallest absolute Gasteiger partial charge is 0.124 e. The van der Waals surface area contributed by atoms with Crippen molar-refractivity contribution >= 4 is 10.9 Å². The lowest BCUT2D eigenvalue weighted by Crippen LogP contribution is -1.99. The quantitative estimate of drug-likeness (QED) is 0.801. The van der Waals surface area contributed by atoms with Crippen molar-refractivity contribution in [2.75, 3.05) is 0 Å². The second-order valence-electron chi connectivity index (χ2n) is 4.91. The molecular weight excluding hydrogens is 267 g/mol. The Kier molecular flexibility index (Phi) is 3.43. The lowest BCUT2D eigenvalue weighted by Gasteiger charge is -2.07. The van der Waals surface area contributed by atoms with Gasteiger partial charge in [-0.1, -0.05) is 12.1 Å². The van der Waals surface area contributed by atoms with Crippen molar-refractivity contribution in [3.8, 4) is 6.07 Å². The fourth-order valence-electron chi connectivity index (χ4n) is 2.57. The lowest BCUT2D eigenvalue weighted by atomic mass is 10.1. The zero-order chi connectivity index (χ0) is 14.8. The normalized spacial score (nSPS) is 10.7. The molecule has 0 saturated heterocycles. The predicted molar refractivity (Wildman–Crippen MR) is 78.1 cm³/mol. The van der Waals surface area contributed by atoms with Crippen molar-refractivity contribution in [2.24, 2.45) is 0 Å². The van der Waals surface area contributed by atoms with Crippen LogP contribution < -0.4 is 0 Å². The molecule has 1 N–H and O–H groups in total. The number of benzene rings is 2. The number of nitriles is 1. The molecule has 3 rings (SSSR count). The standard InChI is InChI=1S/C17H13FN2O/c18-15-7-12(9-19)6-13(8-15)10-20-5-4-16-14(11-21)2-1-3-17(16)20/h1-8,21H,10-11H2. The molecule has 0 radical (unpaired) electrons. The van der Waals surface area contributed by atoms with E-state index in [2.05, 4.69) is 0 Å². The monoisotopic (exact) mass is 280 g/mol. The molecule has 21 heavy (non-hydrogen) atoms. The van der Waals surface area contributed by atoms with Gasteiger partial charge >= 0.3 is 0 Å². The van der Waals surface area contributed by atoms with E-state index in [0.29, 0.717) is 12.1 Å². The lowest BCUT2D eigenvalue weighted by molar-refractivity contribution is 0.283. The zero-order valence-electron chi connectivity index (χ0n) is 11.3. The van der Waals surface area contributed by atoms with Gasteiger partial charge in [-0.3, -0.25) is 0 Å². The Hall–Kier alpha value is -2.64. The van der Waals surface area contributed by atoms with Gasteiger partial charge in [0.05, 0.1) is 18.2 Å². The van der Waals surface area contributed by atoms with Gasteiger partial charge in [-0.15, -0.1) is 0 Å². The summed E-state index contributed by atoms with van der Waals surface area (Å²) in [5.41, 5.74) is 2.89.